The molecule has 2 fully saturated rings. The molecule has 0 unspecified atom stereocenters. The summed E-state index contributed by atoms with van der Waals surface area (Å²) >= 11 is 0. The van der Waals surface area contributed by atoms with Gasteiger partial charge in [0.2, 0.25) is 0 Å². The van der Waals surface area contributed by atoms with E-state index in [1.54, 1.807) is 19.3 Å². The Balaban J connectivity index is 1.47. The molecular formula is C47H59N3O6. The Morgan fingerprint density at radius 2 is 1.88 bits per heavy atom. The number of fused-ring (bicyclic) bond motifs is 4. The second kappa shape index (κ2) is 17.3. The fraction of sp³-hybridized carbons (Fsp3) is 0.532. The second-order valence-corrected chi connectivity index (χ2v) is 16.8. The third-order valence-electron chi connectivity index (χ3n) is 13.1. The van der Waals surface area contributed by atoms with Crippen molar-refractivity contribution in [2.75, 3.05) is 13.7 Å². The molecule has 9 nitrogen and oxygen atoms in total. The molecule has 298 valence electrons. The minimum absolute atomic E-state index is 0.00315. The van der Waals surface area contributed by atoms with E-state index in [0.29, 0.717) is 30.9 Å². The first-order chi connectivity index (χ1) is 27.1. The molecule has 0 aromatic heterocycles. The van der Waals surface area contributed by atoms with Crippen molar-refractivity contribution in [2.24, 2.45) is 46.0 Å². The Morgan fingerprint density at radius 3 is 2.59 bits per heavy atom. The number of hydrogen-bond acceptors (Lipinski definition) is 7. The Bertz CT molecular complexity index is 1960. The first-order valence-electron chi connectivity index (χ1n) is 20.8. The van der Waals surface area contributed by atoms with Crippen LogP contribution in [0, 0.1) is 41.4 Å². The van der Waals surface area contributed by atoms with Gasteiger partial charge in [-0.25, -0.2) is 4.99 Å². The van der Waals surface area contributed by atoms with E-state index in [0.717, 1.165) is 72.8 Å². The Labute approximate surface area is 332 Å². The first-order valence-corrected chi connectivity index (χ1v) is 20.8. The van der Waals surface area contributed by atoms with Crippen molar-refractivity contribution in [1.29, 1.82) is 0 Å². The number of hydrogen-bond donors (Lipinski definition) is 5. The number of carbonyl (C=O) groups is 1. The third-order valence-corrected chi connectivity index (χ3v) is 13.1. The van der Waals surface area contributed by atoms with Crippen LogP contribution in [0.15, 0.2) is 70.8 Å². The van der Waals surface area contributed by atoms with Crippen LogP contribution in [0.5, 0.6) is 17.2 Å². The number of carbonyl (C=O) groups excluding carboxylic acids is 1. The maximum absolute atomic E-state index is 13.5. The molecule has 0 amide bonds. The summed E-state index contributed by atoms with van der Waals surface area (Å²) in [6.45, 7) is 4.19. The Morgan fingerprint density at radius 1 is 1.07 bits per heavy atom. The highest BCUT2D eigenvalue weighted by molar-refractivity contribution is 5.90. The van der Waals surface area contributed by atoms with Crippen LogP contribution in [0.1, 0.15) is 112 Å². The number of guanidine groups is 1. The van der Waals surface area contributed by atoms with Crippen LogP contribution >= 0.6 is 0 Å². The highest BCUT2D eigenvalue weighted by Gasteiger charge is 2.53. The van der Waals surface area contributed by atoms with Gasteiger partial charge >= 0.3 is 0 Å². The molecule has 7 N–H and O–H groups in total. The average molecular weight is 762 g/mol. The van der Waals surface area contributed by atoms with E-state index in [-0.39, 0.29) is 90.0 Å². The number of benzene rings is 2. The molecule has 5 aliphatic rings. The predicted octanol–water partition coefficient (Wildman–Crippen LogP) is 7.32. The number of nitrogens with two attached hydrogens (primary N) is 2. The Kier molecular flexibility index (Phi) is 12.3. The van der Waals surface area contributed by atoms with Crippen LogP contribution < -0.4 is 16.2 Å². The van der Waals surface area contributed by atoms with Gasteiger partial charge in [0.25, 0.3) is 0 Å². The molecule has 9 atom stereocenters. The van der Waals surface area contributed by atoms with Gasteiger partial charge in [-0.1, -0.05) is 68.0 Å². The standard InChI is InChI=1S/C47H59N3O6/c1-4-9-28(26-51)22-32(53)17-16-30-24-42(56-33-12-5-6-13-33)46(54)45-34(30)14-8-15-40(50-47(48)49)35-18-19-41(55-3)43-39(35)25-37-36(29-10-7-11-31(52)23-29)20-27(2)21-38(37)44(43)45/h7,10-11,18-19,22-25,27,33,35-36,38-41,43-44,51-52,54H,4-6,9,12-13,15-17,20-21,26H2,1-3H3,(H4,48,49,50)/t27-,35-,36+,38-,39-,40-,41-,43+,44+/m1/s1. The molecule has 7 rings (SSSR count). The molecule has 5 aliphatic carbocycles. The van der Waals surface area contributed by atoms with E-state index in [2.05, 4.69) is 43.1 Å². The number of rotatable bonds is 12. The van der Waals surface area contributed by atoms with E-state index in [9.17, 15) is 20.1 Å². The van der Waals surface area contributed by atoms with Crippen molar-refractivity contribution < 1.29 is 29.6 Å². The van der Waals surface area contributed by atoms with Gasteiger partial charge < -0.3 is 36.3 Å². The molecule has 9 heteroatoms. The lowest BCUT2D eigenvalue weighted by molar-refractivity contribution is -0.114. The van der Waals surface area contributed by atoms with Crippen molar-refractivity contribution >= 4 is 11.7 Å². The summed E-state index contributed by atoms with van der Waals surface area (Å²) in [6.07, 6.45) is 16.5. The number of nitrogens with zero attached hydrogens (tertiary/aromatic N) is 1. The first kappa shape index (κ1) is 39.7. The number of aliphatic imine (C=N–C) groups is 1. The lowest BCUT2D eigenvalue weighted by Crippen LogP contribution is -2.49. The lowest BCUT2D eigenvalue weighted by Gasteiger charge is -2.53. The minimum Gasteiger partial charge on any atom is -0.508 e. The fourth-order valence-electron chi connectivity index (χ4n) is 10.7. The molecule has 2 aromatic carbocycles. The maximum Gasteiger partial charge on any atom is 0.186 e. The summed E-state index contributed by atoms with van der Waals surface area (Å²) in [7, 11) is 1.76. The predicted molar refractivity (Wildman–Crippen MR) is 219 cm³/mol. The highest BCUT2D eigenvalue weighted by Crippen LogP contribution is 2.61. The topological polar surface area (TPSA) is 161 Å². The summed E-state index contributed by atoms with van der Waals surface area (Å²) in [6, 6.07) is 9.23. The van der Waals surface area contributed by atoms with Crippen molar-refractivity contribution in [1.82, 2.24) is 0 Å². The zero-order valence-electron chi connectivity index (χ0n) is 33.1. The van der Waals surface area contributed by atoms with E-state index in [1.165, 1.54) is 5.57 Å². The normalized spacial score (nSPS) is 29.6. The van der Waals surface area contributed by atoms with Gasteiger partial charge in [-0.3, -0.25) is 4.79 Å². The second-order valence-electron chi connectivity index (χ2n) is 16.8. The molecule has 2 aromatic rings. The summed E-state index contributed by atoms with van der Waals surface area (Å²) in [4.78, 5) is 18.2. The SMILES string of the molecule is CCCC(=CC(=O)CCc1cc(OC2CCCC2)c(O)c2c1C#CC[C@@H](N=C(N)N)[C@@H]1C=C[C@@H](OC)[C@@H]3[C@@H]1C=C1[C@H](c4cccc(O)c4)C[C@@H](C)C[C@H]1[C@H]23)CO. The molecule has 0 aliphatic heterocycles. The van der Waals surface area contributed by atoms with Crippen LogP contribution in [0.25, 0.3) is 0 Å². The molecule has 0 heterocycles. The van der Waals surface area contributed by atoms with Crippen LogP contribution in [0.2, 0.25) is 0 Å². The number of phenolic OH excluding ortho intramolecular Hbond substituents is 2. The number of ether oxygens (including phenoxy) is 2. The molecular weight excluding hydrogens is 703 g/mol. The molecule has 56 heavy (non-hydrogen) atoms. The maximum atomic E-state index is 13.5. The average Bonchev–Trinajstić information content (AvgIpc) is 3.69. The summed E-state index contributed by atoms with van der Waals surface area (Å²) in [5, 5.41) is 33.3. The van der Waals surface area contributed by atoms with Gasteiger partial charge in [0.05, 0.1) is 24.9 Å². The van der Waals surface area contributed by atoms with Gasteiger partial charge in [0.15, 0.2) is 23.2 Å². The molecule has 2 saturated carbocycles. The Hall–Kier alpha value is -4.52. The number of aryl methyl sites for hydroxylation is 1. The number of ketones is 1. The van der Waals surface area contributed by atoms with Gasteiger partial charge in [-0.2, -0.15) is 0 Å². The number of aliphatic hydroxyl groups is 1. The zero-order valence-corrected chi connectivity index (χ0v) is 33.1. The smallest absolute Gasteiger partial charge is 0.186 e. The van der Waals surface area contributed by atoms with Crippen molar-refractivity contribution in [3.8, 4) is 29.1 Å². The number of phenols is 2. The van der Waals surface area contributed by atoms with Gasteiger partial charge in [-0.15, -0.1) is 0 Å². The fourth-order valence-corrected chi connectivity index (χ4v) is 10.7. The van der Waals surface area contributed by atoms with E-state index < -0.39 is 0 Å². The minimum atomic E-state index is -0.324. The van der Waals surface area contributed by atoms with Gasteiger partial charge in [0.1, 0.15) is 5.75 Å². The lowest BCUT2D eigenvalue weighted by atomic mass is 9.51. The van der Waals surface area contributed by atoms with Crippen LogP contribution in [0.3, 0.4) is 0 Å². The van der Waals surface area contributed by atoms with Crippen molar-refractivity contribution in [2.45, 2.75) is 115 Å². The van der Waals surface area contributed by atoms with E-state index in [1.807, 2.05) is 25.1 Å². The molecule has 0 saturated heterocycles. The third kappa shape index (κ3) is 8.15. The number of methoxy groups -OCH3 is 1. The van der Waals surface area contributed by atoms with E-state index in [4.69, 9.17) is 25.9 Å². The quantitative estimate of drug-likeness (QED) is 0.0495. The monoisotopic (exact) mass is 761 g/mol. The molecule has 0 spiro atoms. The van der Waals surface area contributed by atoms with Crippen LogP contribution in [-0.2, 0) is 16.0 Å². The summed E-state index contributed by atoms with van der Waals surface area (Å²) in [5.74, 6) is 7.73. The molecule has 0 radical (unpaired) electrons. The molecule has 4 bridgehead atoms. The van der Waals surface area contributed by atoms with Gasteiger partial charge in [0, 0.05) is 54.7 Å². The number of allylic oxidation sites excluding steroid dienone is 3. The van der Waals surface area contributed by atoms with Gasteiger partial charge in [-0.05, 0) is 110 Å². The van der Waals surface area contributed by atoms with E-state index >= 15 is 0 Å². The number of aromatic hydroxyl groups is 2. The highest BCUT2D eigenvalue weighted by atomic mass is 16.5. The largest absolute Gasteiger partial charge is 0.508 e. The number of aliphatic hydroxyl groups excluding tert-OH is 1. The summed E-state index contributed by atoms with van der Waals surface area (Å²) < 4.78 is 13.1. The van der Waals surface area contributed by atoms with Crippen LogP contribution in [-0.4, -0.2) is 59.0 Å². The zero-order chi connectivity index (χ0) is 39.5. The van der Waals surface area contributed by atoms with Crippen LogP contribution in [0.4, 0.5) is 0 Å². The summed E-state index contributed by atoms with van der Waals surface area (Å²) in [5.41, 5.74) is 17.7. The van der Waals surface area contributed by atoms with Crippen molar-refractivity contribution in [3.05, 3.63) is 88.0 Å². The van der Waals surface area contributed by atoms with Crippen molar-refractivity contribution in [3.63, 3.8) is 0 Å².